The van der Waals surface area contributed by atoms with Crippen LogP contribution >= 0.6 is 34.8 Å². The summed E-state index contributed by atoms with van der Waals surface area (Å²) in [6.45, 7) is 0. The van der Waals surface area contributed by atoms with Crippen LogP contribution in [0.15, 0.2) is 346 Å². The van der Waals surface area contributed by atoms with E-state index in [1.165, 1.54) is 48.8 Å². The number of para-hydroxylation sites is 5. The SMILES string of the molecule is Clc1nc(-c2ccccc2)nc(-c2ccc3c4ccccc4n(-c4ccc(-c5ccccc5)cc4)c3c2)n1.Clc1nc(-c2ccccc2)nc(-c2ccc3c4ccccc4n(-c4cccc5ccccc45)c3c2)n1.Clc1nc(-c2ccccc2)nc(-c2cccc3c4ccccc4n(-c4ccccc4)c23)n1. The molecular formula is C91H57Cl3N12. The summed E-state index contributed by atoms with van der Waals surface area (Å²) in [6, 6.07) is 118. The van der Waals surface area contributed by atoms with Crippen molar-refractivity contribution in [2.75, 3.05) is 0 Å². The first-order chi connectivity index (χ1) is 52.3. The lowest BCUT2D eigenvalue weighted by Crippen LogP contribution is -2.00. The Hall–Kier alpha value is -13.4. The Kier molecular flexibility index (Phi) is 17.2. The van der Waals surface area contributed by atoms with E-state index in [1.54, 1.807) is 0 Å². The second kappa shape index (κ2) is 28.1. The van der Waals surface area contributed by atoms with Gasteiger partial charge in [-0.25, -0.2) is 15.0 Å². The van der Waals surface area contributed by atoms with Crippen molar-refractivity contribution in [3.8, 4) is 96.5 Å². The first-order valence-electron chi connectivity index (χ1n) is 34.5. The van der Waals surface area contributed by atoms with E-state index in [0.29, 0.717) is 34.9 Å². The zero-order valence-electron chi connectivity index (χ0n) is 56.4. The number of benzene rings is 14. The van der Waals surface area contributed by atoms with Crippen molar-refractivity contribution >= 4 is 111 Å². The summed E-state index contributed by atoms with van der Waals surface area (Å²) >= 11 is 19.1. The molecule has 0 aliphatic carbocycles. The van der Waals surface area contributed by atoms with Crippen LogP contribution in [-0.2, 0) is 0 Å². The largest absolute Gasteiger partial charge is 0.309 e. The van der Waals surface area contributed by atoms with Gasteiger partial charge in [-0.2, -0.15) is 29.9 Å². The second-order valence-electron chi connectivity index (χ2n) is 25.3. The molecule has 0 bridgehead atoms. The maximum Gasteiger partial charge on any atom is 0.226 e. The van der Waals surface area contributed by atoms with Gasteiger partial charge in [0, 0.05) is 82.5 Å². The first kappa shape index (κ1) is 64.7. The van der Waals surface area contributed by atoms with Gasteiger partial charge < -0.3 is 13.7 Å². The highest BCUT2D eigenvalue weighted by molar-refractivity contribution is 6.29. The van der Waals surface area contributed by atoms with Crippen molar-refractivity contribution in [2.45, 2.75) is 0 Å². The third kappa shape index (κ3) is 12.4. The number of hydrogen-bond donors (Lipinski definition) is 0. The summed E-state index contributed by atoms with van der Waals surface area (Å²) in [5.41, 5.74) is 17.7. The van der Waals surface area contributed by atoms with E-state index in [0.717, 1.165) is 88.9 Å². The molecule has 14 aromatic carbocycles. The van der Waals surface area contributed by atoms with Gasteiger partial charge in [0.25, 0.3) is 0 Å². The van der Waals surface area contributed by atoms with E-state index in [1.807, 2.05) is 127 Å². The highest BCUT2D eigenvalue weighted by Crippen LogP contribution is 2.41. The highest BCUT2D eigenvalue weighted by atomic mass is 35.5. The number of fused-ring (bicyclic) bond motifs is 10. The predicted molar refractivity (Wildman–Crippen MR) is 433 cm³/mol. The third-order valence-electron chi connectivity index (χ3n) is 19.0. The van der Waals surface area contributed by atoms with E-state index < -0.39 is 0 Å². The zero-order chi connectivity index (χ0) is 71.0. The molecule has 20 aromatic rings. The van der Waals surface area contributed by atoms with Crippen LogP contribution in [0, 0.1) is 0 Å². The number of nitrogens with zero attached hydrogens (tertiary/aromatic N) is 12. The number of aromatic nitrogens is 12. The molecule has 0 N–H and O–H groups in total. The van der Waals surface area contributed by atoms with Gasteiger partial charge in [0.05, 0.1) is 38.8 Å². The van der Waals surface area contributed by atoms with Crippen molar-refractivity contribution in [1.29, 1.82) is 0 Å². The van der Waals surface area contributed by atoms with E-state index in [9.17, 15) is 0 Å². The maximum absolute atomic E-state index is 6.37. The van der Waals surface area contributed by atoms with Crippen LogP contribution < -0.4 is 0 Å². The van der Waals surface area contributed by atoms with Crippen molar-refractivity contribution in [2.24, 2.45) is 0 Å². The fourth-order valence-electron chi connectivity index (χ4n) is 14.2. The number of halogens is 3. The summed E-state index contributed by atoms with van der Waals surface area (Å²) < 4.78 is 6.89. The zero-order valence-corrected chi connectivity index (χ0v) is 58.7. The Morgan fingerprint density at radius 2 is 0.528 bits per heavy atom. The molecule has 6 aromatic heterocycles. The predicted octanol–water partition coefficient (Wildman–Crippen LogP) is 23.7. The van der Waals surface area contributed by atoms with Gasteiger partial charge in [-0.3, -0.25) is 0 Å². The average Bonchev–Trinajstić information content (AvgIpc) is 1.59. The van der Waals surface area contributed by atoms with Crippen LogP contribution in [0.5, 0.6) is 0 Å². The van der Waals surface area contributed by atoms with Crippen LogP contribution in [0.2, 0.25) is 15.9 Å². The van der Waals surface area contributed by atoms with Gasteiger partial charge in [-0.1, -0.05) is 279 Å². The molecule has 0 aliphatic heterocycles. The lowest BCUT2D eigenvalue weighted by Gasteiger charge is -2.12. The third-order valence-corrected chi connectivity index (χ3v) is 19.5. The summed E-state index contributed by atoms with van der Waals surface area (Å²) in [6.07, 6.45) is 0. The van der Waals surface area contributed by atoms with Crippen molar-refractivity contribution in [1.82, 2.24) is 58.6 Å². The molecule has 0 fully saturated rings. The van der Waals surface area contributed by atoms with E-state index in [-0.39, 0.29) is 15.9 Å². The van der Waals surface area contributed by atoms with Crippen LogP contribution in [-0.4, -0.2) is 58.6 Å². The molecule has 15 heteroatoms. The Morgan fingerprint density at radius 3 is 1.05 bits per heavy atom. The standard InChI is InChI=1S/C33H21ClN4.C31H19ClN4.C27H17ClN4/c34-33-36-31(24-11-5-2-6-12-24)35-32(37-33)25-17-20-28-27-13-7-8-14-29(27)38(30(28)21-25)26-18-15-23(16-19-26)22-9-3-1-4-10-22;32-31-34-29(21-10-2-1-3-11-21)33-30(35-31)22-17-18-25-24-14-6-7-15-27(24)36(28(25)19-22)26-16-8-12-20-9-4-5-13-23(20)26;28-27-30-25(18-10-3-1-4-11-18)29-26(31-27)22-16-9-15-21-20-14-7-8-17-23(20)32(24(21)22)19-12-5-2-6-13-19/h1-21H;1-19H;1-17H. The van der Waals surface area contributed by atoms with Crippen molar-refractivity contribution in [3.05, 3.63) is 362 Å². The van der Waals surface area contributed by atoms with Gasteiger partial charge >= 0.3 is 0 Å². The van der Waals surface area contributed by atoms with E-state index >= 15 is 0 Å². The number of rotatable bonds is 10. The Labute approximate surface area is 623 Å². The lowest BCUT2D eigenvalue weighted by atomic mass is 10.1. The first-order valence-corrected chi connectivity index (χ1v) is 35.6. The molecular weight excluding hydrogens is 1370 g/mol. The quantitative estimate of drug-likeness (QED) is 0.131. The maximum atomic E-state index is 6.37. The molecule has 20 rings (SSSR count). The molecule has 106 heavy (non-hydrogen) atoms. The van der Waals surface area contributed by atoms with Crippen LogP contribution in [0.4, 0.5) is 0 Å². The molecule has 0 saturated carbocycles. The van der Waals surface area contributed by atoms with Crippen molar-refractivity contribution < 1.29 is 0 Å². The summed E-state index contributed by atoms with van der Waals surface area (Å²) in [4.78, 5) is 40.9. The van der Waals surface area contributed by atoms with Gasteiger partial charge in [0.15, 0.2) is 34.9 Å². The topological polar surface area (TPSA) is 131 Å². The summed E-state index contributed by atoms with van der Waals surface area (Å²) in [7, 11) is 0. The van der Waals surface area contributed by atoms with E-state index in [2.05, 4.69) is 262 Å². The van der Waals surface area contributed by atoms with Gasteiger partial charge in [-0.05, 0) is 118 Å². The lowest BCUT2D eigenvalue weighted by molar-refractivity contribution is 1.06. The van der Waals surface area contributed by atoms with Gasteiger partial charge in [-0.15, -0.1) is 0 Å². The Morgan fingerprint density at radius 1 is 0.198 bits per heavy atom. The molecule has 0 aliphatic rings. The Balaban J connectivity index is 0.000000113. The molecule has 0 spiro atoms. The summed E-state index contributed by atoms with van der Waals surface area (Å²) in [5.74, 6) is 3.31. The molecule has 0 saturated heterocycles. The monoisotopic (exact) mass is 1420 g/mol. The minimum atomic E-state index is 0.172. The van der Waals surface area contributed by atoms with Gasteiger partial charge in [0.2, 0.25) is 15.9 Å². The Bertz CT molecular complexity index is 6670. The molecule has 0 radical (unpaired) electrons. The average molecular weight is 1420 g/mol. The van der Waals surface area contributed by atoms with Crippen LogP contribution in [0.3, 0.4) is 0 Å². The minimum absolute atomic E-state index is 0.172. The normalized spacial score (nSPS) is 11.3. The molecule has 0 amide bonds. The molecule has 0 atom stereocenters. The molecule has 12 nitrogen and oxygen atoms in total. The fraction of sp³-hybridized carbons (Fsp3) is 0. The van der Waals surface area contributed by atoms with Crippen LogP contribution in [0.25, 0.3) is 173 Å². The van der Waals surface area contributed by atoms with Crippen LogP contribution in [0.1, 0.15) is 0 Å². The minimum Gasteiger partial charge on any atom is -0.309 e. The highest BCUT2D eigenvalue weighted by Gasteiger charge is 2.22. The van der Waals surface area contributed by atoms with E-state index in [4.69, 9.17) is 49.8 Å². The molecule has 6 heterocycles. The molecule has 502 valence electrons. The molecule has 0 unspecified atom stereocenters. The smallest absolute Gasteiger partial charge is 0.226 e. The summed E-state index contributed by atoms with van der Waals surface area (Å²) in [5, 5.41) is 9.97. The second-order valence-corrected chi connectivity index (χ2v) is 26.3. The fourth-order valence-corrected chi connectivity index (χ4v) is 14.7. The number of hydrogen-bond acceptors (Lipinski definition) is 9. The van der Waals surface area contributed by atoms with Crippen molar-refractivity contribution in [3.63, 3.8) is 0 Å². The van der Waals surface area contributed by atoms with Gasteiger partial charge in [0.1, 0.15) is 0 Å².